The van der Waals surface area contributed by atoms with E-state index in [9.17, 15) is 4.39 Å². The first-order valence-electron chi connectivity index (χ1n) is 7.61. The van der Waals surface area contributed by atoms with Crippen molar-refractivity contribution in [2.75, 3.05) is 0 Å². The normalized spacial score (nSPS) is 19.4. The topological polar surface area (TPSA) is 38.0 Å². The van der Waals surface area contributed by atoms with E-state index in [1.165, 1.54) is 51.0 Å². The number of halogens is 2. The van der Waals surface area contributed by atoms with E-state index in [2.05, 4.69) is 5.43 Å². The summed E-state index contributed by atoms with van der Waals surface area (Å²) in [5.41, 5.74) is 3.48. The Morgan fingerprint density at radius 1 is 1.20 bits per heavy atom. The molecule has 4 heteroatoms. The highest BCUT2D eigenvalue weighted by Crippen LogP contribution is 2.28. The molecule has 1 aromatic carbocycles. The average Bonchev–Trinajstić information content (AvgIpc) is 2.39. The highest BCUT2D eigenvalue weighted by Gasteiger charge is 2.23. The van der Waals surface area contributed by atoms with Crippen molar-refractivity contribution in [3.8, 4) is 0 Å². The fourth-order valence-corrected chi connectivity index (χ4v) is 3.44. The summed E-state index contributed by atoms with van der Waals surface area (Å²) in [5, 5.41) is 0.496. The van der Waals surface area contributed by atoms with Gasteiger partial charge in [-0.15, -0.1) is 0 Å². The molecule has 1 atom stereocenters. The monoisotopic (exact) mass is 298 g/mol. The van der Waals surface area contributed by atoms with Crippen LogP contribution >= 0.6 is 11.6 Å². The van der Waals surface area contributed by atoms with Crippen LogP contribution in [-0.2, 0) is 6.42 Å². The molecule has 1 saturated carbocycles. The predicted molar refractivity (Wildman–Crippen MR) is 82.0 cm³/mol. The lowest BCUT2D eigenvalue weighted by Gasteiger charge is -2.28. The zero-order valence-corrected chi connectivity index (χ0v) is 12.6. The molecule has 20 heavy (non-hydrogen) atoms. The molecule has 0 radical (unpaired) electrons. The maximum Gasteiger partial charge on any atom is 0.127 e. The maximum absolute atomic E-state index is 13.9. The third kappa shape index (κ3) is 4.18. The van der Waals surface area contributed by atoms with Crippen LogP contribution in [0.3, 0.4) is 0 Å². The summed E-state index contributed by atoms with van der Waals surface area (Å²) in [6.45, 7) is 0. The van der Waals surface area contributed by atoms with E-state index >= 15 is 0 Å². The molecule has 1 aliphatic carbocycles. The Balaban J connectivity index is 2.07. The van der Waals surface area contributed by atoms with Gasteiger partial charge in [0.25, 0.3) is 0 Å². The van der Waals surface area contributed by atoms with Gasteiger partial charge < -0.3 is 0 Å². The van der Waals surface area contributed by atoms with Gasteiger partial charge in [0, 0.05) is 16.6 Å². The molecule has 0 aromatic heterocycles. The van der Waals surface area contributed by atoms with Crippen molar-refractivity contribution in [1.29, 1.82) is 0 Å². The van der Waals surface area contributed by atoms with Gasteiger partial charge in [0.15, 0.2) is 0 Å². The minimum absolute atomic E-state index is 0.0995. The molecule has 2 rings (SSSR count). The molecule has 1 unspecified atom stereocenters. The van der Waals surface area contributed by atoms with E-state index in [0.29, 0.717) is 22.9 Å². The molecular formula is C16H24ClFN2. The van der Waals surface area contributed by atoms with E-state index in [1.807, 2.05) is 0 Å². The van der Waals surface area contributed by atoms with Crippen LogP contribution < -0.4 is 11.3 Å². The third-order valence-electron chi connectivity index (χ3n) is 4.42. The van der Waals surface area contributed by atoms with Gasteiger partial charge in [0.05, 0.1) is 0 Å². The Morgan fingerprint density at radius 2 is 1.85 bits per heavy atom. The van der Waals surface area contributed by atoms with Crippen LogP contribution in [0.5, 0.6) is 0 Å². The number of benzene rings is 1. The van der Waals surface area contributed by atoms with Crippen molar-refractivity contribution in [3.63, 3.8) is 0 Å². The van der Waals surface area contributed by atoms with Crippen LogP contribution in [-0.4, -0.2) is 6.04 Å². The quantitative estimate of drug-likeness (QED) is 0.645. The second kappa shape index (κ2) is 7.96. The van der Waals surface area contributed by atoms with Gasteiger partial charge in [-0.25, -0.2) is 4.39 Å². The van der Waals surface area contributed by atoms with E-state index < -0.39 is 0 Å². The van der Waals surface area contributed by atoms with Crippen molar-refractivity contribution in [2.24, 2.45) is 11.8 Å². The van der Waals surface area contributed by atoms with Crippen LogP contribution in [0.1, 0.15) is 50.5 Å². The van der Waals surface area contributed by atoms with Gasteiger partial charge in [-0.1, -0.05) is 49.8 Å². The fraction of sp³-hybridized carbons (Fsp3) is 0.625. The molecular weight excluding hydrogens is 275 g/mol. The summed E-state index contributed by atoms with van der Waals surface area (Å²) < 4.78 is 13.9. The molecule has 0 saturated heterocycles. The molecule has 112 valence electrons. The molecule has 0 bridgehead atoms. The van der Waals surface area contributed by atoms with Crippen molar-refractivity contribution < 1.29 is 4.39 Å². The lowest BCUT2D eigenvalue weighted by Crippen LogP contribution is -2.43. The lowest BCUT2D eigenvalue weighted by molar-refractivity contribution is 0.283. The number of nitrogens with one attached hydrogen (secondary N) is 1. The molecule has 1 aliphatic rings. The van der Waals surface area contributed by atoms with Crippen LogP contribution in [0.25, 0.3) is 0 Å². The maximum atomic E-state index is 13.9. The Labute approximate surface area is 125 Å². The summed E-state index contributed by atoms with van der Waals surface area (Å²) in [7, 11) is 0. The smallest absolute Gasteiger partial charge is 0.127 e. The van der Waals surface area contributed by atoms with Gasteiger partial charge in [-0.05, 0) is 37.3 Å². The summed E-state index contributed by atoms with van der Waals surface area (Å²) in [6, 6.07) is 4.95. The Bertz CT molecular complexity index is 397. The van der Waals surface area contributed by atoms with Crippen LogP contribution in [0.4, 0.5) is 4.39 Å². The Kier molecular flexibility index (Phi) is 6.27. The number of hydrazine groups is 1. The standard InChI is InChI=1S/C16H24ClFN2/c17-14-9-6-10-15(18)13(14)11-16(20-19)12-7-4-2-1-3-5-8-12/h6,9-10,12,16,20H,1-5,7-8,11,19H2. The van der Waals surface area contributed by atoms with Crippen molar-refractivity contribution in [1.82, 2.24) is 5.43 Å². The van der Waals surface area contributed by atoms with Gasteiger partial charge >= 0.3 is 0 Å². The van der Waals surface area contributed by atoms with E-state index in [0.717, 1.165) is 0 Å². The zero-order chi connectivity index (χ0) is 14.4. The first kappa shape index (κ1) is 15.7. The van der Waals surface area contributed by atoms with Crippen molar-refractivity contribution in [2.45, 2.75) is 57.4 Å². The van der Waals surface area contributed by atoms with Gasteiger partial charge in [-0.3, -0.25) is 11.3 Å². The molecule has 1 aromatic rings. The number of hydrogen-bond donors (Lipinski definition) is 2. The van der Waals surface area contributed by atoms with E-state index in [1.54, 1.807) is 12.1 Å². The highest BCUT2D eigenvalue weighted by atomic mass is 35.5. The third-order valence-corrected chi connectivity index (χ3v) is 4.77. The van der Waals surface area contributed by atoms with Crippen molar-refractivity contribution >= 4 is 11.6 Å². The molecule has 0 amide bonds. The first-order chi connectivity index (χ1) is 9.72. The molecule has 0 spiro atoms. The van der Waals surface area contributed by atoms with Crippen LogP contribution in [0.15, 0.2) is 18.2 Å². The van der Waals surface area contributed by atoms with Crippen LogP contribution in [0.2, 0.25) is 5.02 Å². The summed E-state index contributed by atoms with van der Waals surface area (Å²) >= 11 is 6.12. The highest BCUT2D eigenvalue weighted by molar-refractivity contribution is 6.31. The molecule has 0 aliphatic heterocycles. The van der Waals surface area contributed by atoms with E-state index in [-0.39, 0.29) is 11.9 Å². The van der Waals surface area contributed by atoms with Crippen molar-refractivity contribution in [3.05, 3.63) is 34.6 Å². The number of nitrogens with two attached hydrogens (primary N) is 1. The summed E-state index contributed by atoms with van der Waals surface area (Å²) in [4.78, 5) is 0. The number of rotatable bonds is 4. The molecule has 2 nitrogen and oxygen atoms in total. The van der Waals surface area contributed by atoms with Gasteiger partial charge in [0.1, 0.15) is 5.82 Å². The minimum atomic E-state index is -0.233. The first-order valence-corrected chi connectivity index (χ1v) is 7.99. The minimum Gasteiger partial charge on any atom is -0.271 e. The SMILES string of the molecule is NNC(Cc1c(F)cccc1Cl)C1CCCCCCC1. The summed E-state index contributed by atoms with van der Waals surface area (Å²) in [5.74, 6) is 6.00. The molecule has 1 fully saturated rings. The lowest BCUT2D eigenvalue weighted by atomic mass is 9.83. The summed E-state index contributed by atoms with van der Waals surface area (Å²) in [6.07, 6.45) is 9.32. The zero-order valence-electron chi connectivity index (χ0n) is 11.9. The fourth-order valence-electron chi connectivity index (χ4n) is 3.20. The second-order valence-electron chi connectivity index (χ2n) is 5.78. The Morgan fingerprint density at radius 3 is 2.45 bits per heavy atom. The largest absolute Gasteiger partial charge is 0.271 e. The second-order valence-corrected chi connectivity index (χ2v) is 6.19. The average molecular weight is 299 g/mol. The predicted octanol–water partition coefficient (Wildman–Crippen LogP) is 4.21. The van der Waals surface area contributed by atoms with E-state index in [4.69, 9.17) is 17.4 Å². The molecule has 0 heterocycles. The molecule has 3 N–H and O–H groups in total. The van der Waals surface area contributed by atoms with Gasteiger partial charge in [0.2, 0.25) is 0 Å². The van der Waals surface area contributed by atoms with Gasteiger partial charge in [-0.2, -0.15) is 0 Å². The Hall–Kier alpha value is -0.640. The number of hydrogen-bond acceptors (Lipinski definition) is 2. The van der Waals surface area contributed by atoms with Crippen LogP contribution in [0, 0.1) is 11.7 Å².